The summed E-state index contributed by atoms with van der Waals surface area (Å²) in [4.78, 5) is 34.2. The van der Waals surface area contributed by atoms with Crippen LogP contribution in [0.2, 0.25) is 0 Å². The van der Waals surface area contributed by atoms with Crippen LogP contribution in [0.3, 0.4) is 0 Å². The number of fused-ring (bicyclic) bond motifs is 1. The third kappa shape index (κ3) is 6.72. The SMILES string of the molecule is C=CC(=O)OCCOC(=O)CCC(=O)OC1=CCC2CCCCC2C1. The fourth-order valence-corrected chi connectivity index (χ4v) is 3.40. The van der Waals surface area contributed by atoms with Gasteiger partial charge >= 0.3 is 17.9 Å². The summed E-state index contributed by atoms with van der Waals surface area (Å²) >= 11 is 0. The Morgan fingerprint density at radius 2 is 1.72 bits per heavy atom. The van der Waals surface area contributed by atoms with E-state index in [4.69, 9.17) is 9.47 Å². The van der Waals surface area contributed by atoms with E-state index in [1.165, 1.54) is 25.7 Å². The van der Waals surface area contributed by atoms with Crippen LogP contribution in [0.5, 0.6) is 0 Å². The van der Waals surface area contributed by atoms with Crippen molar-refractivity contribution >= 4 is 17.9 Å². The third-order valence-corrected chi connectivity index (χ3v) is 4.71. The molecule has 0 bridgehead atoms. The van der Waals surface area contributed by atoms with Gasteiger partial charge in [0.15, 0.2) is 0 Å². The first-order valence-corrected chi connectivity index (χ1v) is 8.93. The molecule has 0 aromatic heterocycles. The van der Waals surface area contributed by atoms with E-state index in [0.29, 0.717) is 5.92 Å². The lowest BCUT2D eigenvalue weighted by Gasteiger charge is -2.34. The number of carbonyl (C=O) groups excluding carboxylic acids is 3. The average Bonchev–Trinajstić information content (AvgIpc) is 2.63. The summed E-state index contributed by atoms with van der Waals surface area (Å²) in [6, 6.07) is 0. The average molecular weight is 350 g/mol. The van der Waals surface area contributed by atoms with E-state index in [9.17, 15) is 14.4 Å². The molecular weight excluding hydrogens is 324 g/mol. The molecule has 2 unspecified atom stereocenters. The van der Waals surface area contributed by atoms with Crippen molar-refractivity contribution in [1.29, 1.82) is 0 Å². The number of allylic oxidation sites excluding steroid dienone is 2. The van der Waals surface area contributed by atoms with Crippen LogP contribution in [0.15, 0.2) is 24.5 Å². The molecule has 0 aromatic rings. The van der Waals surface area contributed by atoms with E-state index in [1.807, 2.05) is 6.08 Å². The van der Waals surface area contributed by atoms with Crippen molar-refractivity contribution < 1.29 is 28.6 Å². The van der Waals surface area contributed by atoms with Gasteiger partial charge in [-0.2, -0.15) is 0 Å². The zero-order valence-electron chi connectivity index (χ0n) is 14.5. The second kappa shape index (κ2) is 10.0. The lowest BCUT2D eigenvalue weighted by Crippen LogP contribution is -2.24. The molecule has 0 radical (unpaired) electrons. The monoisotopic (exact) mass is 350 g/mol. The standard InChI is InChI=1S/C19H26O6/c1-2-17(20)23-11-12-24-18(21)9-10-19(22)25-16-8-7-14-5-3-4-6-15(14)13-16/h2,8,14-15H,1,3-7,9-13H2. The number of esters is 3. The van der Waals surface area contributed by atoms with Crippen LogP contribution in [0.25, 0.3) is 0 Å². The van der Waals surface area contributed by atoms with Gasteiger partial charge in [-0.15, -0.1) is 0 Å². The highest BCUT2D eigenvalue weighted by Gasteiger charge is 2.29. The molecule has 0 aliphatic heterocycles. The van der Waals surface area contributed by atoms with Crippen LogP contribution in [-0.4, -0.2) is 31.1 Å². The smallest absolute Gasteiger partial charge is 0.330 e. The number of hydrogen-bond donors (Lipinski definition) is 0. The second-order valence-electron chi connectivity index (χ2n) is 6.48. The molecule has 0 N–H and O–H groups in total. The summed E-state index contributed by atoms with van der Waals surface area (Å²) in [6.07, 6.45) is 9.86. The Labute approximate surface area is 148 Å². The van der Waals surface area contributed by atoms with Crippen molar-refractivity contribution in [2.24, 2.45) is 11.8 Å². The lowest BCUT2D eigenvalue weighted by molar-refractivity contribution is -0.152. The maximum atomic E-state index is 11.9. The molecule has 0 amide bonds. The quantitative estimate of drug-likeness (QED) is 0.290. The fourth-order valence-electron chi connectivity index (χ4n) is 3.40. The number of ether oxygens (including phenoxy) is 3. The van der Waals surface area contributed by atoms with Gasteiger partial charge in [0.25, 0.3) is 0 Å². The molecule has 0 saturated heterocycles. The number of rotatable bonds is 8. The Bertz CT molecular complexity index is 536. The molecule has 0 spiro atoms. The van der Waals surface area contributed by atoms with E-state index in [-0.39, 0.29) is 26.1 Å². The largest absolute Gasteiger partial charge is 0.462 e. The summed E-state index contributed by atoms with van der Waals surface area (Å²) in [5.74, 6) is 0.622. The molecule has 1 saturated carbocycles. The maximum absolute atomic E-state index is 11.9. The maximum Gasteiger partial charge on any atom is 0.330 e. The van der Waals surface area contributed by atoms with E-state index in [0.717, 1.165) is 30.6 Å². The van der Waals surface area contributed by atoms with Crippen molar-refractivity contribution in [3.8, 4) is 0 Å². The van der Waals surface area contributed by atoms with Gasteiger partial charge in [-0.25, -0.2) is 4.79 Å². The Hall–Kier alpha value is -2.11. The topological polar surface area (TPSA) is 78.9 Å². The van der Waals surface area contributed by atoms with Crippen molar-refractivity contribution in [2.45, 2.75) is 51.4 Å². The van der Waals surface area contributed by atoms with Crippen molar-refractivity contribution in [3.05, 3.63) is 24.5 Å². The van der Waals surface area contributed by atoms with Crippen molar-refractivity contribution in [2.75, 3.05) is 13.2 Å². The van der Waals surface area contributed by atoms with E-state index < -0.39 is 17.9 Å². The molecule has 0 heterocycles. The van der Waals surface area contributed by atoms with E-state index in [2.05, 4.69) is 11.3 Å². The summed E-state index contributed by atoms with van der Waals surface area (Å²) in [7, 11) is 0. The van der Waals surface area contributed by atoms with Crippen LogP contribution in [0.1, 0.15) is 51.4 Å². The summed E-state index contributed by atoms with van der Waals surface area (Å²) in [6.45, 7) is 3.18. The highest BCUT2D eigenvalue weighted by molar-refractivity contribution is 5.81. The van der Waals surface area contributed by atoms with Gasteiger partial charge in [0, 0.05) is 12.5 Å². The first-order chi connectivity index (χ1) is 12.1. The number of hydrogen-bond acceptors (Lipinski definition) is 6. The molecule has 25 heavy (non-hydrogen) atoms. The molecule has 138 valence electrons. The molecule has 1 fully saturated rings. The minimum Gasteiger partial charge on any atom is -0.462 e. The Morgan fingerprint density at radius 1 is 1.04 bits per heavy atom. The van der Waals surface area contributed by atoms with Gasteiger partial charge in [0.2, 0.25) is 0 Å². The molecule has 2 aliphatic carbocycles. The summed E-state index contributed by atoms with van der Waals surface area (Å²) < 4.78 is 14.9. The molecule has 2 atom stereocenters. The molecule has 2 rings (SSSR count). The normalized spacial score (nSPS) is 22.2. The van der Waals surface area contributed by atoms with Gasteiger partial charge in [-0.1, -0.05) is 19.4 Å². The molecule has 0 aromatic carbocycles. The summed E-state index contributed by atoms with van der Waals surface area (Å²) in [5.41, 5.74) is 0. The zero-order valence-corrected chi connectivity index (χ0v) is 14.5. The Morgan fingerprint density at radius 3 is 2.48 bits per heavy atom. The van der Waals surface area contributed by atoms with Crippen molar-refractivity contribution in [3.63, 3.8) is 0 Å². The minimum atomic E-state index is -0.569. The first-order valence-electron chi connectivity index (χ1n) is 8.93. The third-order valence-electron chi connectivity index (χ3n) is 4.71. The summed E-state index contributed by atoms with van der Waals surface area (Å²) in [5, 5.41) is 0. The van der Waals surface area contributed by atoms with Crippen LogP contribution in [0.4, 0.5) is 0 Å². The van der Waals surface area contributed by atoms with Crippen LogP contribution >= 0.6 is 0 Å². The van der Waals surface area contributed by atoms with Crippen molar-refractivity contribution in [1.82, 2.24) is 0 Å². The highest BCUT2D eigenvalue weighted by atomic mass is 16.6. The van der Waals surface area contributed by atoms with Gasteiger partial charge in [-0.3, -0.25) is 9.59 Å². The van der Waals surface area contributed by atoms with Crippen LogP contribution in [-0.2, 0) is 28.6 Å². The predicted molar refractivity (Wildman–Crippen MR) is 90.2 cm³/mol. The Balaban J connectivity index is 1.60. The predicted octanol–water partition coefficient (Wildman–Crippen LogP) is 3.07. The fraction of sp³-hybridized carbons (Fsp3) is 0.632. The molecule has 6 heteroatoms. The molecule has 6 nitrogen and oxygen atoms in total. The molecule has 2 aliphatic rings. The van der Waals surface area contributed by atoms with Gasteiger partial charge < -0.3 is 14.2 Å². The van der Waals surface area contributed by atoms with Gasteiger partial charge in [0.05, 0.1) is 12.8 Å². The van der Waals surface area contributed by atoms with Crippen LogP contribution < -0.4 is 0 Å². The van der Waals surface area contributed by atoms with Gasteiger partial charge in [-0.05, 0) is 37.2 Å². The lowest BCUT2D eigenvalue weighted by atomic mass is 9.73. The van der Waals surface area contributed by atoms with Gasteiger partial charge in [0.1, 0.15) is 19.0 Å². The van der Waals surface area contributed by atoms with E-state index in [1.54, 1.807) is 0 Å². The zero-order chi connectivity index (χ0) is 18.1. The van der Waals surface area contributed by atoms with Crippen LogP contribution in [0, 0.1) is 11.8 Å². The van der Waals surface area contributed by atoms with E-state index >= 15 is 0 Å². The minimum absolute atomic E-state index is 0.0171. The Kier molecular flexibility index (Phi) is 7.70. The second-order valence-corrected chi connectivity index (χ2v) is 6.48. The number of carbonyl (C=O) groups is 3. The highest BCUT2D eigenvalue weighted by Crippen LogP contribution is 2.40. The molecular formula is C19H26O6. The first kappa shape index (κ1) is 19.2.